The largest absolute Gasteiger partial charge is 0.390 e. The van der Waals surface area contributed by atoms with Gasteiger partial charge in [-0.1, -0.05) is 11.5 Å². The van der Waals surface area contributed by atoms with E-state index in [-0.39, 0.29) is 5.46 Å². The molecule has 0 aliphatic rings. The molecule has 14 heavy (non-hydrogen) atoms. The molecule has 0 fully saturated rings. The lowest BCUT2D eigenvalue weighted by Gasteiger charge is -1.98. The van der Waals surface area contributed by atoms with Gasteiger partial charge in [0.1, 0.15) is 19.5 Å². The Bertz CT molecular complexity index is 388. The molecule has 70 valence electrons. The third-order valence-corrected chi connectivity index (χ3v) is 1.54. The van der Waals surface area contributed by atoms with Crippen molar-refractivity contribution in [1.29, 1.82) is 0 Å². The number of halogens is 1. The Balaban J connectivity index is 2.98. The number of amidine groups is 1. The van der Waals surface area contributed by atoms with E-state index in [4.69, 9.17) is 13.6 Å². The van der Waals surface area contributed by atoms with Crippen LogP contribution in [0.3, 0.4) is 0 Å². The highest BCUT2D eigenvalue weighted by atomic mass is 19.1. The van der Waals surface area contributed by atoms with Gasteiger partial charge in [-0.3, -0.25) is 0 Å². The van der Waals surface area contributed by atoms with Crippen LogP contribution in [0.5, 0.6) is 0 Å². The summed E-state index contributed by atoms with van der Waals surface area (Å²) in [6, 6.07) is 4.30. The van der Waals surface area contributed by atoms with Crippen LogP contribution < -0.4 is 11.2 Å². The average molecular weight is 189 g/mol. The normalized spacial score (nSPS) is 12.3. The molecule has 2 N–H and O–H groups in total. The van der Waals surface area contributed by atoms with Gasteiger partial charge in [0.2, 0.25) is 0 Å². The highest BCUT2D eigenvalue weighted by molar-refractivity contribution is 6.32. The quantitative estimate of drug-likeness (QED) is 0.393. The van der Waals surface area contributed by atoms with Crippen LogP contribution in [0.15, 0.2) is 28.2 Å². The molecule has 0 atom stereocenters. The first-order valence-electron chi connectivity index (χ1n) is 3.98. The third-order valence-electron chi connectivity index (χ3n) is 1.54. The second-order valence-corrected chi connectivity index (χ2v) is 2.64. The van der Waals surface area contributed by atoms with Crippen LogP contribution in [0.2, 0.25) is 0 Å². The lowest BCUT2D eigenvalue weighted by Crippen LogP contribution is -2.06. The van der Waals surface area contributed by atoms with E-state index >= 15 is 0 Å². The first-order valence-corrected chi connectivity index (χ1v) is 3.98. The van der Waals surface area contributed by atoms with E-state index in [1.807, 2.05) is 0 Å². The number of nitrogens with zero attached hydrogens (tertiary/aromatic N) is 2. The number of rotatable bonds is 1. The summed E-state index contributed by atoms with van der Waals surface area (Å²) in [6.45, 7) is 1.66. The van der Waals surface area contributed by atoms with Crippen LogP contribution in [0, 0.1) is 5.82 Å². The van der Waals surface area contributed by atoms with Crippen molar-refractivity contribution in [3.63, 3.8) is 0 Å². The van der Waals surface area contributed by atoms with Gasteiger partial charge in [0.15, 0.2) is 0 Å². The summed E-state index contributed by atoms with van der Waals surface area (Å²) < 4.78 is 13.0. The zero-order valence-electron chi connectivity index (χ0n) is 7.74. The highest BCUT2D eigenvalue weighted by Gasteiger charge is 1.97. The fourth-order valence-electron chi connectivity index (χ4n) is 0.909. The fraction of sp³-hybridized carbons (Fsp3) is 0.111. The van der Waals surface area contributed by atoms with Gasteiger partial charge in [0.05, 0.1) is 12.0 Å². The van der Waals surface area contributed by atoms with Crippen molar-refractivity contribution in [2.45, 2.75) is 6.92 Å². The molecule has 0 aliphatic carbocycles. The summed E-state index contributed by atoms with van der Waals surface area (Å²) in [7, 11) is 5.31. The van der Waals surface area contributed by atoms with E-state index < -0.39 is 5.82 Å². The topological polar surface area (TPSA) is 50.7 Å². The maximum absolute atomic E-state index is 13.0. The molecule has 3 nitrogen and oxygen atoms in total. The van der Waals surface area contributed by atoms with Crippen molar-refractivity contribution in [2.24, 2.45) is 15.7 Å². The van der Waals surface area contributed by atoms with E-state index in [0.717, 1.165) is 6.34 Å². The van der Waals surface area contributed by atoms with Crippen LogP contribution in [0.4, 0.5) is 10.1 Å². The summed E-state index contributed by atoms with van der Waals surface area (Å²) >= 11 is 0. The van der Waals surface area contributed by atoms with Gasteiger partial charge < -0.3 is 5.73 Å². The van der Waals surface area contributed by atoms with Crippen molar-refractivity contribution >= 4 is 31.2 Å². The molecule has 2 radical (unpaired) electrons. The van der Waals surface area contributed by atoms with Gasteiger partial charge in [0, 0.05) is 0 Å². The molecule has 0 bridgehead atoms. The number of hydrogen-bond acceptors (Lipinski definition) is 1. The van der Waals surface area contributed by atoms with Gasteiger partial charge in [-0.2, -0.15) is 0 Å². The first-order chi connectivity index (χ1) is 6.63. The molecule has 0 spiro atoms. The van der Waals surface area contributed by atoms with Gasteiger partial charge in [0.25, 0.3) is 0 Å². The molecule has 0 unspecified atom stereocenters. The zero-order chi connectivity index (χ0) is 10.6. The van der Waals surface area contributed by atoms with Gasteiger partial charge in [-0.25, -0.2) is 14.4 Å². The molecule has 0 saturated heterocycles. The van der Waals surface area contributed by atoms with Crippen molar-refractivity contribution in [2.75, 3.05) is 0 Å². The van der Waals surface area contributed by atoms with Gasteiger partial charge in [-0.15, -0.1) is 0 Å². The maximum Gasteiger partial charge on any atom is 0.127 e. The maximum atomic E-state index is 13.0. The van der Waals surface area contributed by atoms with E-state index in [2.05, 4.69) is 9.98 Å². The monoisotopic (exact) mass is 189 g/mol. The molecule has 1 aromatic rings. The van der Waals surface area contributed by atoms with Crippen LogP contribution in [-0.4, -0.2) is 20.0 Å². The summed E-state index contributed by atoms with van der Waals surface area (Å²) in [5.41, 5.74) is 5.63. The summed E-state index contributed by atoms with van der Waals surface area (Å²) in [4.78, 5) is 7.71. The Morgan fingerprint density at radius 2 is 2.29 bits per heavy atom. The Morgan fingerprint density at radius 1 is 1.57 bits per heavy atom. The van der Waals surface area contributed by atoms with E-state index in [0.29, 0.717) is 11.5 Å². The average Bonchev–Trinajstić information content (AvgIpc) is 2.12. The number of nitrogens with two attached hydrogens (primary N) is 1. The summed E-state index contributed by atoms with van der Waals surface area (Å²) in [6.07, 6.45) is 1.13. The molecule has 0 amide bonds. The lowest BCUT2D eigenvalue weighted by molar-refractivity contribution is 0.636. The fourth-order valence-corrected chi connectivity index (χ4v) is 0.909. The molecule has 0 saturated carbocycles. The van der Waals surface area contributed by atoms with Gasteiger partial charge >= 0.3 is 0 Å². The van der Waals surface area contributed by atoms with Crippen molar-refractivity contribution in [3.05, 3.63) is 24.0 Å². The molecule has 5 heteroatoms. The lowest BCUT2D eigenvalue weighted by atomic mass is 9.95. The van der Waals surface area contributed by atoms with Crippen molar-refractivity contribution in [3.8, 4) is 0 Å². The van der Waals surface area contributed by atoms with Crippen molar-refractivity contribution in [1.82, 2.24) is 0 Å². The minimum atomic E-state index is -0.490. The summed E-state index contributed by atoms with van der Waals surface area (Å²) in [5.74, 6) is -0.0348. The van der Waals surface area contributed by atoms with Crippen LogP contribution >= 0.6 is 0 Å². The molecular weight excluding hydrogens is 180 g/mol. The predicted molar refractivity (Wildman–Crippen MR) is 57.2 cm³/mol. The standard InChI is InChI=1S/C9H9BFN3/c1-6(13-5-12)14-7-2-3-8(10)9(11)4-7/h2-5H,1H3,(H2,12,13,14). The van der Waals surface area contributed by atoms with Crippen LogP contribution in [-0.2, 0) is 0 Å². The molecule has 0 heterocycles. The Kier molecular flexibility index (Phi) is 3.39. The second-order valence-electron chi connectivity index (χ2n) is 2.64. The number of hydrogen-bond donors (Lipinski definition) is 1. The van der Waals surface area contributed by atoms with Crippen LogP contribution in [0.25, 0.3) is 0 Å². The summed E-state index contributed by atoms with van der Waals surface area (Å²) in [5, 5.41) is 0. The molecule has 1 aromatic carbocycles. The molecular formula is C9H9BFN3. The highest BCUT2D eigenvalue weighted by Crippen LogP contribution is 2.11. The predicted octanol–water partition coefficient (Wildman–Crippen LogP) is 0.656. The van der Waals surface area contributed by atoms with E-state index in [1.54, 1.807) is 13.0 Å². The van der Waals surface area contributed by atoms with Gasteiger partial charge in [-0.05, 0) is 19.1 Å². The minimum Gasteiger partial charge on any atom is -0.390 e. The Hall–Kier alpha value is -1.65. The third kappa shape index (κ3) is 2.69. The SMILES string of the molecule is [B]c1ccc(N=C(C)N=CN)cc1F. The molecule has 0 aromatic heterocycles. The molecule has 1 rings (SSSR count). The second kappa shape index (κ2) is 4.55. The molecule has 0 aliphatic heterocycles. The van der Waals surface area contributed by atoms with Crippen molar-refractivity contribution < 1.29 is 4.39 Å². The number of aliphatic imine (C=N–C) groups is 2. The van der Waals surface area contributed by atoms with E-state index in [1.165, 1.54) is 12.1 Å². The Labute approximate surface area is 83.0 Å². The zero-order valence-corrected chi connectivity index (χ0v) is 7.74. The van der Waals surface area contributed by atoms with Crippen LogP contribution in [0.1, 0.15) is 6.92 Å². The Morgan fingerprint density at radius 3 is 2.86 bits per heavy atom. The first kappa shape index (κ1) is 10.4. The van der Waals surface area contributed by atoms with E-state index in [9.17, 15) is 4.39 Å². The minimum absolute atomic E-state index is 0.101. The smallest absolute Gasteiger partial charge is 0.127 e. The number of benzene rings is 1.